The van der Waals surface area contributed by atoms with Gasteiger partial charge >= 0.3 is 0 Å². The molecule has 116 valence electrons. The van der Waals surface area contributed by atoms with Crippen LogP contribution in [0.2, 0.25) is 0 Å². The van der Waals surface area contributed by atoms with Crippen molar-refractivity contribution in [2.45, 2.75) is 25.7 Å². The van der Waals surface area contributed by atoms with Gasteiger partial charge in [-0.25, -0.2) is 0 Å². The fourth-order valence-corrected chi connectivity index (χ4v) is 2.87. The lowest BCUT2D eigenvalue weighted by Gasteiger charge is -2.06. The molecule has 2 heterocycles. The fraction of sp³-hybridized carbons (Fsp3) is 0.375. The number of ether oxygens (including phenoxy) is 1. The Bertz CT molecular complexity index is 692. The maximum atomic E-state index is 7.72. The van der Waals surface area contributed by atoms with E-state index in [0.29, 0.717) is 6.42 Å². The van der Waals surface area contributed by atoms with E-state index in [1.165, 1.54) is 10.2 Å². The zero-order valence-electron chi connectivity index (χ0n) is 12.7. The monoisotopic (exact) mass is 299 g/mol. The number of rotatable bonds is 3. The van der Waals surface area contributed by atoms with Crippen molar-refractivity contribution >= 4 is 11.8 Å². The van der Waals surface area contributed by atoms with Gasteiger partial charge in [-0.2, -0.15) is 9.78 Å². The van der Waals surface area contributed by atoms with Crippen LogP contribution in [0.4, 0.5) is 5.82 Å². The normalized spacial score (nSPS) is 13.9. The molecule has 1 aliphatic rings. The molecule has 4 N–H and O–H groups in total. The maximum Gasteiger partial charge on any atom is 0.215 e. The summed E-state index contributed by atoms with van der Waals surface area (Å²) in [5.74, 6) is 1.66. The quantitative estimate of drug-likeness (QED) is 0.597. The number of aromatic nitrogens is 2. The summed E-state index contributed by atoms with van der Waals surface area (Å²) in [7, 11) is 1.67. The van der Waals surface area contributed by atoms with Crippen molar-refractivity contribution in [1.82, 2.24) is 9.78 Å². The Balaban J connectivity index is 1.97. The van der Waals surface area contributed by atoms with Gasteiger partial charge in [-0.1, -0.05) is 12.1 Å². The summed E-state index contributed by atoms with van der Waals surface area (Å²) in [6, 6.07) is 7.99. The van der Waals surface area contributed by atoms with Gasteiger partial charge in [-0.05, 0) is 37.0 Å². The van der Waals surface area contributed by atoms with E-state index >= 15 is 0 Å². The van der Waals surface area contributed by atoms with Gasteiger partial charge < -0.3 is 15.8 Å². The van der Waals surface area contributed by atoms with Crippen LogP contribution in [0.1, 0.15) is 29.7 Å². The molecule has 0 bridgehead atoms. The smallest absolute Gasteiger partial charge is 0.215 e. The summed E-state index contributed by atoms with van der Waals surface area (Å²) in [5.41, 5.74) is 8.96. The van der Waals surface area contributed by atoms with Gasteiger partial charge in [0.05, 0.1) is 12.8 Å². The van der Waals surface area contributed by atoms with Crippen molar-refractivity contribution in [1.29, 1.82) is 5.41 Å². The van der Waals surface area contributed by atoms with Crippen LogP contribution in [-0.4, -0.2) is 29.4 Å². The molecule has 0 unspecified atom stereocenters. The Morgan fingerprint density at radius 1 is 1.45 bits per heavy atom. The van der Waals surface area contributed by atoms with Crippen LogP contribution in [0.15, 0.2) is 24.3 Å². The van der Waals surface area contributed by atoms with E-state index < -0.39 is 0 Å². The number of nitrogens with two attached hydrogens (primary N) is 1. The first kappa shape index (κ1) is 14.4. The van der Waals surface area contributed by atoms with Crippen molar-refractivity contribution in [3.63, 3.8) is 0 Å². The summed E-state index contributed by atoms with van der Waals surface area (Å²) in [6.07, 6.45) is 3.91. The molecule has 2 aromatic rings. The Kier molecular flexibility index (Phi) is 4.00. The highest BCUT2D eigenvalue weighted by Gasteiger charge is 2.21. The molecule has 3 rings (SSSR count). The SMILES string of the molecule is COc1cccc(Cc2nn(C(=N)N)c3c2CCCCN3)c1. The second kappa shape index (κ2) is 6.09. The maximum absolute atomic E-state index is 7.72. The average molecular weight is 299 g/mol. The van der Waals surface area contributed by atoms with E-state index in [2.05, 4.69) is 16.5 Å². The Hall–Kier alpha value is -2.50. The van der Waals surface area contributed by atoms with Crippen LogP contribution in [0, 0.1) is 5.41 Å². The van der Waals surface area contributed by atoms with Crippen molar-refractivity contribution in [3.8, 4) is 5.75 Å². The first-order chi connectivity index (χ1) is 10.7. The highest BCUT2D eigenvalue weighted by molar-refractivity contribution is 5.81. The molecule has 0 amide bonds. The van der Waals surface area contributed by atoms with E-state index in [1.807, 2.05) is 18.2 Å². The van der Waals surface area contributed by atoms with E-state index in [1.54, 1.807) is 7.11 Å². The molecule has 0 radical (unpaired) electrons. The summed E-state index contributed by atoms with van der Waals surface area (Å²) in [6.45, 7) is 0.893. The zero-order valence-corrected chi connectivity index (χ0v) is 12.7. The fourth-order valence-electron chi connectivity index (χ4n) is 2.87. The zero-order chi connectivity index (χ0) is 15.5. The van der Waals surface area contributed by atoms with E-state index in [9.17, 15) is 0 Å². The Morgan fingerprint density at radius 3 is 3.09 bits per heavy atom. The number of nitrogens with one attached hydrogen (secondary N) is 2. The molecule has 0 fully saturated rings. The molecule has 6 heteroatoms. The highest BCUT2D eigenvalue weighted by Crippen LogP contribution is 2.27. The lowest BCUT2D eigenvalue weighted by Crippen LogP contribution is -2.24. The lowest BCUT2D eigenvalue weighted by atomic mass is 10.0. The predicted octanol–water partition coefficient (Wildman–Crippen LogP) is 1.97. The molecular formula is C16H21N5O. The number of fused-ring (bicyclic) bond motifs is 1. The minimum absolute atomic E-state index is 0.0532. The highest BCUT2D eigenvalue weighted by atomic mass is 16.5. The van der Waals surface area contributed by atoms with Gasteiger partial charge in [0.25, 0.3) is 0 Å². The van der Waals surface area contributed by atoms with Crippen molar-refractivity contribution in [3.05, 3.63) is 41.1 Å². The van der Waals surface area contributed by atoms with Gasteiger partial charge in [0.2, 0.25) is 5.96 Å². The molecule has 0 saturated heterocycles. The summed E-state index contributed by atoms with van der Waals surface area (Å²) < 4.78 is 6.79. The van der Waals surface area contributed by atoms with Crippen LogP contribution in [0.3, 0.4) is 0 Å². The molecule has 1 aromatic heterocycles. The summed E-state index contributed by atoms with van der Waals surface area (Å²) >= 11 is 0. The molecule has 1 aliphatic heterocycles. The summed E-state index contributed by atoms with van der Waals surface area (Å²) in [4.78, 5) is 0. The first-order valence-electron chi connectivity index (χ1n) is 7.51. The Labute approximate surface area is 129 Å². The van der Waals surface area contributed by atoms with Crippen molar-refractivity contribution in [2.75, 3.05) is 19.0 Å². The number of methoxy groups -OCH3 is 1. The number of hydrogen-bond donors (Lipinski definition) is 3. The largest absolute Gasteiger partial charge is 0.497 e. The second-order valence-electron chi connectivity index (χ2n) is 5.48. The van der Waals surface area contributed by atoms with E-state index in [4.69, 9.17) is 15.9 Å². The van der Waals surface area contributed by atoms with E-state index in [0.717, 1.165) is 48.6 Å². The van der Waals surface area contributed by atoms with Gasteiger partial charge in [0, 0.05) is 18.5 Å². The third-order valence-corrected chi connectivity index (χ3v) is 3.95. The minimum atomic E-state index is -0.0532. The lowest BCUT2D eigenvalue weighted by molar-refractivity contribution is 0.414. The molecule has 0 atom stereocenters. The molecule has 6 nitrogen and oxygen atoms in total. The molecule has 1 aromatic carbocycles. The standard InChI is InChI=1S/C16H21N5O/c1-22-12-6-4-5-11(9-12)10-14-13-7-2-3-8-19-15(13)21(20-14)16(17)18/h4-6,9,19H,2-3,7-8,10H2,1H3,(H3,17,18). The number of benzene rings is 1. The number of nitrogen functional groups attached to an aromatic ring is 1. The van der Waals surface area contributed by atoms with Crippen LogP contribution in [0.25, 0.3) is 0 Å². The van der Waals surface area contributed by atoms with Crippen LogP contribution in [-0.2, 0) is 12.8 Å². The number of nitrogens with zero attached hydrogens (tertiary/aromatic N) is 2. The van der Waals surface area contributed by atoms with Gasteiger partial charge in [0.1, 0.15) is 11.6 Å². The third kappa shape index (κ3) is 2.77. The minimum Gasteiger partial charge on any atom is -0.497 e. The molecule has 0 spiro atoms. The van der Waals surface area contributed by atoms with E-state index in [-0.39, 0.29) is 5.96 Å². The van der Waals surface area contributed by atoms with Crippen molar-refractivity contribution < 1.29 is 4.74 Å². The molecule has 22 heavy (non-hydrogen) atoms. The second-order valence-corrected chi connectivity index (χ2v) is 5.48. The number of hydrogen-bond acceptors (Lipinski definition) is 4. The van der Waals surface area contributed by atoms with Crippen LogP contribution in [0.5, 0.6) is 5.75 Å². The molecule has 0 saturated carbocycles. The first-order valence-corrected chi connectivity index (χ1v) is 7.51. The predicted molar refractivity (Wildman–Crippen MR) is 86.8 cm³/mol. The topological polar surface area (TPSA) is 89.0 Å². The van der Waals surface area contributed by atoms with Crippen LogP contribution < -0.4 is 15.8 Å². The average Bonchev–Trinajstić information content (AvgIpc) is 2.71. The molecule has 0 aliphatic carbocycles. The van der Waals surface area contributed by atoms with Crippen LogP contribution >= 0.6 is 0 Å². The third-order valence-electron chi connectivity index (χ3n) is 3.95. The Morgan fingerprint density at radius 2 is 2.32 bits per heavy atom. The summed E-state index contributed by atoms with van der Waals surface area (Å²) in [5, 5.41) is 15.6. The van der Waals surface area contributed by atoms with Gasteiger partial charge in [-0.3, -0.25) is 5.41 Å². The molecular weight excluding hydrogens is 278 g/mol. The van der Waals surface area contributed by atoms with Crippen molar-refractivity contribution in [2.24, 2.45) is 5.73 Å². The van der Waals surface area contributed by atoms with Gasteiger partial charge in [-0.15, -0.1) is 0 Å². The number of anilines is 1. The van der Waals surface area contributed by atoms with Gasteiger partial charge in [0.15, 0.2) is 0 Å².